The summed E-state index contributed by atoms with van der Waals surface area (Å²) in [6.07, 6.45) is 0.531. The van der Waals surface area contributed by atoms with Crippen molar-refractivity contribution in [3.63, 3.8) is 0 Å². The number of hydrogen-bond donors (Lipinski definition) is 0. The second kappa shape index (κ2) is 5.05. The van der Waals surface area contributed by atoms with Crippen LogP contribution in [0.2, 0.25) is 0 Å². The number of rotatable bonds is 0. The number of aromatic nitrogens is 1. The molecule has 4 nitrogen and oxygen atoms in total. The van der Waals surface area contributed by atoms with Crippen molar-refractivity contribution in [3.05, 3.63) is 14.5 Å². The number of fused-ring (bicyclic) bond motifs is 1. The lowest BCUT2D eigenvalue weighted by Crippen LogP contribution is -2.46. The van der Waals surface area contributed by atoms with Gasteiger partial charge < -0.3 is 4.74 Å². The van der Waals surface area contributed by atoms with Crippen LogP contribution in [0.25, 0.3) is 0 Å². The zero-order valence-corrected chi connectivity index (χ0v) is 14.3. The van der Waals surface area contributed by atoms with Gasteiger partial charge in [0.15, 0.2) is 3.92 Å². The summed E-state index contributed by atoms with van der Waals surface area (Å²) < 4.78 is 6.38. The molecular formula is C13H19BrN2O2S. The lowest BCUT2D eigenvalue weighted by atomic mass is 10.0. The zero-order chi connectivity index (χ0) is 14.4. The Morgan fingerprint density at radius 2 is 2.11 bits per heavy atom. The molecule has 0 aliphatic carbocycles. The van der Waals surface area contributed by atoms with Crippen LogP contribution < -0.4 is 0 Å². The van der Waals surface area contributed by atoms with E-state index in [1.807, 2.05) is 39.5 Å². The highest BCUT2D eigenvalue weighted by Crippen LogP contribution is 2.38. The van der Waals surface area contributed by atoms with Crippen molar-refractivity contribution in [1.29, 1.82) is 0 Å². The molecule has 2 rings (SSSR count). The molecule has 1 aliphatic heterocycles. The van der Waals surface area contributed by atoms with Crippen molar-refractivity contribution < 1.29 is 9.53 Å². The highest BCUT2D eigenvalue weighted by atomic mass is 79.9. The molecule has 1 aromatic rings. The van der Waals surface area contributed by atoms with Crippen LogP contribution in [0.4, 0.5) is 4.79 Å². The Morgan fingerprint density at radius 1 is 1.47 bits per heavy atom. The largest absolute Gasteiger partial charge is 0.444 e. The van der Waals surface area contributed by atoms with Gasteiger partial charge in [-0.3, -0.25) is 4.90 Å². The van der Waals surface area contributed by atoms with Crippen molar-refractivity contribution in [2.24, 2.45) is 0 Å². The minimum absolute atomic E-state index is 0.0115. The van der Waals surface area contributed by atoms with E-state index in [1.165, 1.54) is 0 Å². The molecule has 0 bridgehead atoms. The highest BCUT2D eigenvalue weighted by molar-refractivity contribution is 9.11. The summed E-state index contributed by atoms with van der Waals surface area (Å²) in [7, 11) is 0. The van der Waals surface area contributed by atoms with Gasteiger partial charge in [0, 0.05) is 12.5 Å². The lowest BCUT2D eigenvalue weighted by Gasteiger charge is -2.38. The van der Waals surface area contributed by atoms with E-state index in [-0.39, 0.29) is 18.2 Å². The molecule has 1 amide bonds. The quantitative estimate of drug-likeness (QED) is 0.708. The molecule has 2 heterocycles. The van der Waals surface area contributed by atoms with Crippen LogP contribution in [-0.2, 0) is 11.2 Å². The molecule has 2 atom stereocenters. The Hall–Kier alpha value is -0.620. The Kier molecular flexibility index (Phi) is 3.93. The summed E-state index contributed by atoms with van der Waals surface area (Å²) in [4.78, 5) is 19.8. The third-order valence-electron chi connectivity index (χ3n) is 3.07. The minimum atomic E-state index is -0.467. The van der Waals surface area contributed by atoms with Gasteiger partial charge in [0.1, 0.15) is 5.60 Å². The van der Waals surface area contributed by atoms with E-state index in [4.69, 9.17) is 4.74 Å². The number of carbonyl (C=O) groups is 1. The van der Waals surface area contributed by atoms with Crippen LogP contribution in [0.5, 0.6) is 0 Å². The predicted octanol–water partition coefficient (Wildman–Crippen LogP) is 4.15. The van der Waals surface area contributed by atoms with Gasteiger partial charge in [0.2, 0.25) is 0 Å². The molecule has 0 N–H and O–H groups in total. The fourth-order valence-corrected chi connectivity index (χ4v) is 3.95. The van der Waals surface area contributed by atoms with Crippen LogP contribution in [0, 0.1) is 0 Å². The molecule has 6 heteroatoms. The van der Waals surface area contributed by atoms with Crippen molar-refractivity contribution in [1.82, 2.24) is 9.88 Å². The number of amides is 1. The van der Waals surface area contributed by atoms with Crippen molar-refractivity contribution in [2.45, 2.75) is 58.7 Å². The van der Waals surface area contributed by atoms with Gasteiger partial charge in [-0.2, -0.15) is 0 Å². The molecule has 0 fully saturated rings. The molecule has 1 aliphatic rings. The topological polar surface area (TPSA) is 42.4 Å². The predicted molar refractivity (Wildman–Crippen MR) is 79.5 cm³/mol. The van der Waals surface area contributed by atoms with Crippen LogP contribution in [0.3, 0.4) is 0 Å². The maximum absolute atomic E-state index is 12.3. The monoisotopic (exact) mass is 346 g/mol. The average Bonchev–Trinajstić information content (AvgIpc) is 2.55. The smallest absolute Gasteiger partial charge is 0.411 e. The molecule has 0 unspecified atom stereocenters. The second-order valence-electron chi connectivity index (χ2n) is 5.89. The van der Waals surface area contributed by atoms with E-state index in [0.29, 0.717) is 0 Å². The van der Waals surface area contributed by atoms with Crippen LogP contribution in [0.1, 0.15) is 51.2 Å². The molecule has 0 saturated heterocycles. The summed E-state index contributed by atoms with van der Waals surface area (Å²) in [5.41, 5.74) is 0.627. The summed E-state index contributed by atoms with van der Waals surface area (Å²) >= 11 is 5.01. The molecule has 106 valence electrons. The number of halogens is 1. The third-order valence-corrected chi connectivity index (χ3v) is 4.79. The molecule has 19 heavy (non-hydrogen) atoms. The fraction of sp³-hybridized carbons (Fsp3) is 0.692. The van der Waals surface area contributed by atoms with Gasteiger partial charge in [-0.15, -0.1) is 11.3 Å². The van der Waals surface area contributed by atoms with Crippen molar-refractivity contribution >= 4 is 33.4 Å². The maximum atomic E-state index is 12.3. The Balaban J connectivity index is 2.25. The molecule has 0 aromatic carbocycles. The number of thiazole rings is 1. The Morgan fingerprint density at radius 3 is 2.68 bits per heavy atom. The first-order valence-electron chi connectivity index (χ1n) is 6.35. The first-order chi connectivity index (χ1) is 8.69. The van der Waals surface area contributed by atoms with Crippen LogP contribution in [0.15, 0.2) is 3.92 Å². The standard InChI is InChI=1S/C13H19BrN2O2S/c1-7-6-9-10(19-11(14)15-9)8(2)16(7)12(17)18-13(3,4)5/h7-8H,6H2,1-5H3/t7-,8-/m1/s1. The van der Waals surface area contributed by atoms with Crippen molar-refractivity contribution in [3.8, 4) is 0 Å². The first-order valence-corrected chi connectivity index (χ1v) is 7.96. The van der Waals surface area contributed by atoms with Gasteiger partial charge in [-0.25, -0.2) is 9.78 Å². The minimum Gasteiger partial charge on any atom is -0.444 e. The molecule has 0 radical (unpaired) electrons. The first kappa shape index (κ1) is 14.8. The Bertz CT molecular complexity index is 495. The third kappa shape index (κ3) is 3.11. The van der Waals surface area contributed by atoms with E-state index in [1.54, 1.807) is 11.3 Å². The summed E-state index contributed by atoms with van der Waals surface area (Å²) in [5, 5.41) is 0. The van der Waals surface area contributed by atoms with Gasteiger partial charge >= 0.3 is 6.09 Å². The van der Waals surface area contributed by atoms with E-state index in [0.717, 1.165) is 20.9 Å². The SMILES string of the molecule is C[C@@H]1Cc2nc(Br)sc2[C@@H](C)N1C(=O)OC(C)(C)C. The second-order valence-corrected chi connectivity index (χ2v) is 8.20. The molecule has 0 spiro atoms. The van der Waals surface area contributed by atoms with Gasteiger partial charge in [-0.05, 0) is 50.5 Å². The van der Waals surface area contributed by atoms with E-state index in [2.05, 4.69) is 20.9 Å². The molecular weight excluding hydrogens is 328 g/mol. The summed E-state index contributed by atoms with van der Waals surface area (Å²) in [6.45, 7) is 9.73. The van der Waals surface area contributed by atoms with Crippen molar-refractivity contribution in [2.75, 3.05) is 0 Å². The maximum Gasteiger partial charge on any atom is 0.411 e. The summed E-state index contributed by atoms with van der Waals surface area (Å²) in [6, 6.07) is 0.115. The molecule has 0 saturated carbocycles. The number of hydrogen-bond acceptors (Lipinski definition) is 4. The lowest BCUT2D eigenvalue weighted by molar-refractivity contribution is 0.00615. The van der Waals surface area contributed by atoms with E-state index in [9.17, 15) is 4.79 Å². The van der Waals surface area contributed by atoms with Crippen LogP contribution in [-0.4, -0.2) is 27.6 Å². The number of nitrogens with zero attached hydrogens (tertiary/aromatic N) is 2. The van der Waals surface area contributed by atoms with Gasteiger partial charge in [0.25, 0.3) is 0 Å². The van der Waals surface area contributed by atoms with Gasteiger partial charge in [0.05, 0.1) is 16.6 Å². The van der Waals surface area contributed by atoms with Gasteiger partial charge in [-0.1, -0.05) is 0 Å². The highest BCUT2D eigenvalue weighted by Gasteiger charge is 2.37. The zero-order valence-electron chi connectivity index (χ0n) is 11.9. The Labute approximate surface area is 126 Å². The number of ether oxygens (including phenoxy) is 1. The molecule has 1 aromatic heterocycles. The normalized spacial score (nSPS) is 23.2. The fourth-order valence-electron chi connectivity index (χ4n) is 2.35. The summed E-state index contributed by atoms with van der Waals surface area (Å²) in [5.74, 6) is 0. The number of carbonyl (C=O) groups excluding carboxylic acids is 1. The average molecular weight is 347 g/mol. The van der Waals surface area contributed by atoms with E-state index >= 15 is 0 Å². The van der Waals surface area contributed by atoms with Crippen LogP contribution >= 0.6 is 27.3 Å². The van der Waals surface area contributed by atoms with E-state index < -0.39 is 5.60 Å².